The van der Waals surface area contributed by atoms with E-state index < -0.39 is 12.0 Å². The van der Waals surface area contributed by atoms with Crippen LogP contribution in [0.3, 0.4) is 0 Å². The standard InChI is InChI=1S/C25H34N2O4S/c1-16-7-9-17(10-8-16)22(28)27(19-12-14-26(5)23(19)29)20-15-18(11-13-25(2,3)4)32-21(20)24(30)31-6/h15-17,19H,7-10,12,14H2,1-6H3/t16-,17-,19-/m0/s1. The van der Waals surface area contributed by atoms with Crippen molar-refractivity contribution in [1.29, 1.82) is 0 Å². The topological polar surface area (TPSA) is 66.9 Å². The Hall–Kier alpha value is -2.33. The van der Waals surface area contributed by atoms with Gasteiger partial charge in [-0.2, -0.15) is 0 Å². The second kappa shape index (κ2) is 9.66. The van der Waals surface area contributed by atoms with Crippen molar-refractivity contribution >= 4 is 34.8 Å². The number of likely N-dealkylation sites (N-methyl/N-ethyl adjacent to an activating group) is 1. The van der Waals surface area contributed by atoms with Crippen LogP contribution in [0.5, 0.6) is 0 Å². The molecule has 0 radical (unpaired) electrons. The third-order valence-electron chi connectivity index (χ3n) is 6.22. The zero-order valence-corrected chi connectivity index (χ0v) is 20.8. The van der Waals surface area contributed by atoms with Crippen molar-refractivity contribution in [2.24, 2.45) is 17.3 Å². The molecule has 1 aromatic rings. The van der Waals surface area contributed by atoms with Crippen molar-refractivity contribution in [3.05, 3.63) is 15.8 Å². The third-order valence-corrected chi connectivity index (χ3v) is 7.24. The number of carbonyl (C=O) groups is 3. The maximum Gasteiger partial charge on any atom is 0.350 e. The van der Waals surface area contributed by atoms with Gasteiger partial charge in [-0.05, 0) is 64.9 Å². The van der Waals surface area contributed by atoms with Crippen LogP contribution in [-0.4, -0.2) is 49.4 Å². The Labute approximate surface area is 195 Å². The molecule has 1 aliphatic heterocycles. The summed E-state index contributed by atoms with van der Waals surface area (Å²) in [5, 5.41) is 0. The number of hydrogen-bond acceptors (Lipinski definition) is 5. The van der Waals surface area contributed by atoms with Crippen LogP contribution >= 0.6 is 11.3 Å². The fourth-order valence-corrected chi connectivity index (χ4v) is 5.22. The molecule has 0 N–H and O–H groups in total. The number of likely N-dealkylation sites (tertiary alicyclic amines) is 1. The molecular formula is C25H34N2O4S. The van der Waals surface area contributed by atoms with Crippen molar-refractivity contribution in [1.82, 2.24) is 4.90 Å². The molecule has 1 saturated carbocycles. The summed E-state index contributed by atoms with van der Waals surface area (Å²) in [6.45, 7) is 8.85. The predicted molar refractivity (Wildman–Crippen MR) is 127 cm³/mol. The van der Waals surface area contributed by atoms with Gasteiger partial charge in [0.2, 0.25) is 11.8 Å². The molecule has 32 heavy (non-hydrogen) atoms. The van der Waals surface area contributed by atoms with Gasteiger partial charge in [-0.25, -0.2) is 4.79 Å². The van der Waals surface area contributed by atoms with E-state index in [-0.39, 0.29) is 23.1 Å². The molecule has 0 bridgehead atoms. The quantitative estimate of drug-likeness (QED) is 0.498. The summed E-state index contributed by atoms with van der Waals surface area (Å²) in [7, 11) is 3.08. The maximum atomic E-state index is 13.8. The monoisotopic (exact) mass is 458 g/mol. The largest absolute Gasteiger partial charge is 0.465 e. The first-order valence-electron chi connectivity index (χ1n) is 11.3. The minimum atomic E-state index is -0.603. The van der Waals surface area contributed by atoms with E-state index in [0.29, 0.717) is 34.3 Å². The van der Waals surface area contributed by atoms with Gasteiger partial charge in [0, 0.05) is 24.9 Å². The molecule has 2 aliphatic rings. The summed E-state index contributed by atoms with van der Waals surface area (Å²) in [6, 6.07) is 1.18. The molecule has 6 nitrogen and oxygen atoms in total. The van der Waals surface area contributed by atoms with Crippen LogP contribution in [0.15, 0.2) is 6.07 Å². The third kappa shape index (κ3) is 5.35. The van der Waals surface area contributed by atoms with E-state index >= 15 is 0 Å². The number of carbonyl (C=O) groups excluding carboxylic acids is 3. The minimum Gasteiger partial charge on any atom is -0.465 e. The minimum absolute atomic E-state index is 0.0659. The second-order valence-electron chi connectivity index (χ2n) is 10.0. The number of methoxy groups -OCH3 is 1. The van der Waals surface area contributed by atoms with Crippen molar-refractivity contribution in [3.8, 4) is 11.8 Å². The summed E-state index contributed by atoms with van der Waals surface area (Å²) >= 11 is 1.22. The van der Waals surface area contributed by atoms with Gasteiger partial charge in [0.1, 0.15) is 10.9 Å². The van der Waals surface area contributed by atoms with E-state index in [4.69, 9.17) is 4.74 Å². The van der Waals surface area contributed by atoms with Crippen LogP contribution in [0.2, 0.25) is 0 Å². The van der Waals surface area contributed by atoms with Crippen molar-refractivity contribution in [3.63, 3.8) is 0 Å². The highest BCUT2D eigenvalue weighted by molar-refractivity contribution is 7.15. The fourth-order valence-electron chi connectivity index (χ4n) is 4.30. The molecule has 1 aromatic heterocycles. The Kier molecular flexibility index (Phi) is 7.34. The highest BCUT2D eigenvalue weighted by Crippen LogP contribution is 2.38. The number of anilines is 1. The lowest BCUT2D eigenvalue weighted by atomic mass is 9.82. The van der Waals surface area contributed by atoms with Gasteiger partial charge in [0.15, 0.2) is 0 Å². The number of hydrogen-bond donors (Lipinski definition) is 0. The van der Waals surface area contributed by atoms with Crippen LogP contribution < -0.4 is 4.90 Å². The molecule has 1 atom stereocenters. The molecule has 0 aromatic carbocycles. The van der Waals surface area contributed by atoms with E-state index in [1.807, 2.05) is 20.8 Å². The zero-order chi connectivity index (χ0) is 23.6. The van der Waals surface area contributed by atoms with Crippen LogP contribution in [0.4, 0.5) is 5.69 Å². The van der Waals surface area contributed by atoms with Crippen LogP contribution in [-0.2, 0) is 14.3 Å². The lowest BCUT2D eigenvalue weighted by molar-refractivity contribution is -0.131. The van der Waals surface area contributed by atoms with Gasteiger partial charge in [0.05, 0.1) is 17.7 Å². The first kappa shape index (κ1) is 24.3. The summed E-state index contributed by atoms with van der Waals surface area (Å²) in [5.41, 5.74) is 0.255. The molecule has 7 heteroatoms. The molecule has 2 amide bonds. The van der Waals surface area contributed by atoms with E-state index in [2.05, 4.69) is 18.8 Å². The number of rotatable bonds is 4. The second-order valence-corrected chi connectivity index (χ2v) is 11.1. The summed E-state index contributed by atoms with van der Waals surface area (Å²) in [4.78, 5) is 43.7. The first-order chi connectivity index (χ1) is 15.0. The average molecular weight is 459 g/mol. The van der Waals surface area contributed by atoms with Gasteiger partial charge in [-0.15, -0.1) is 11.3 Å². The van der Waals surface area contributed by atoms with Gasteiger partial charge in [0.25, 0.3) is 0 Å². The van der Waals surface area contributed by atoms with E-state index in [0.717, 1.165) is 25.7 Å². The van der Waals surface area contributed by atoms with Gasteiger partial charge < -0.3 is 9.64 Å². The number of esters is 1. The van der Waals surface area contributed by atoms with Gasteiger partial charge in [-0.3, -0.25) is 14.5 Å². The van der Waals surface area contributed by atoms with Crippen LogP contribution in [0, 0.1) is 29.1 Å². The molecule has 1 saturated heterocycles. The normalized spacial score (nSPS) is 23.5. The Balaban J connectivity index is 2.07. The maximum absolute atomic E-state index is 13.8. The number of ether oxygens (including phenoxy) is 1. The molecule has 3 rings (SSSR count). The number of nitrogens with zero attached hydrogens (tertiary/aromatic N) is 2. The molecule has 0 unspecified atom stereocenters. The summed E-state index contributed by atoms with van der Waals surface area (Å²) < 4.78 is 5.03. The van der Waals surface area contributed by atoms with Crippen molar-refractivity contribution in [2.75, 3.05) is 25.6 Å². The summed E-state index contributed by atoms with van der Waals surface area (Å²) in [6.07, 6.45) is 4.16. The summed E-state index contributed by atoms with van der Waals surface area (Å²) in [5.74, 6) is 6.13. The van der Waals surface area contributed by atoms with Gasteiger partial charge in [-0.1, -0.05) is 18.8 Å². The van der Waals surface area contributed by atoms with Crippen LogP contribution in [0.25, 0.3) is 0 Å². The Morgan fingerprint density at radius 1 is 1.19 bits per heavy atom. The average Bonchev–Trinajstić information content (AvgIpc) is 3.31. The SMILES string of the molecule is COC(=O)c1sc(C#CC(C)(C)C)cc1N(C(=O)[C@H]1CC[C@H](C)CC1)[C@H]1CCN(C)C1=O. The Bertz CT molecular complexity index is 941. The molecule has 0 spiro atoms. The highest BCUT2D eigenvalue weighted by Gasteiger charge is 2.42. The molecule has 174 valence electrons. The number of thiophene rings is 1. The first-order valence-corrected chi connectivity index (χ1v) is 12.2. The van der Waals surface area contributed by atoms with E-state index in [1.165, 1.54) is 18.4 Å². The lowest BCUT2D eigenvalue weighted by Gasteiger charge is -2.33. The molecule has 2 fully saturated rings. The van der Waals surface area contributed by atoms with Crippen LogP contribution in [0.1, 0.15) is 74.3 Å². The van der Waals surface area contributed by atoms with Crippen molar-refractivity contribution < 1.29 is 19.1 Å². The lowest BCUT2D eigenvalue weighted by Crippen LogP contribution is -2.48. The molecule has 1 aliphatic carbocycles. The van der Waals surface area contributed by atoms with Crippen molar-refractivity contribution in [2.45, 2.75) is 65.8 Å². The molecular weight excluding hydrogens is 424 g/mol. The smallest absolute Gasteiger partial charge is 0.350 e. The molecule has 2 heterocycles. The van der Waals surface area contributed by atoms with E-state index in [1.54, 1.807) is 22.9 Å². The predicted octanol–water partition coefficient (Wildman–Crippen LogP) is 4.32. The number of amides is 2. The Morgan fingerprint density at radius 3 is 2.38 bits per heavy atom. The fraction of sp³-hybridized carbons (Fsp3) is 0.640. The van der Waals surface area contributed by atoms with E-state index in [9.17, 15) is 14.4 Å². The zero-order valence-electron chi connectivity index (χ0n) is 20.0. The van der Waals surface area contributed by atoms with Gasteiger partial charge >= 0.3 is 5.97 Å². The Morgan fingerprint density at radius 2 is 1.84 bits per heavy atom. The highest BCUT2D eigenvalue weighted by atomic mass is 32.1.